The number of thiophene rings is 1. The van der Waals surface area contributed by atoms with E-state index in [1.807, 2.05) is 0 Å². The van der Waals surface area contributed by atoms with Crippen molar-refractivity contribution >= 4 is 24.6 Å². The maximum Gasteiger partial charge on any atom is 0.140 e. The highest BCUT2D eigenvalue weighted by atomic mass is 32.1. The summed E-state index contributed by atoms with van der Waals surface area (Å²) in [6, 6.07) is 0. The molecule has 0 spiro atoms. The molecular weight excluding hydrogens is 139 g/mol. The van der Waals surface area contributed by atoms with Crippen LogP contribution >= 0.6 is 11.3 Å². The lowest BCUT2D eigenvalue weighted by atomic mass is 9.80. The minimum atomic E-state index is 0.323. The Hall–Kier alpha value is -0.235. The topological polar surface area (TPSA) is 0 Å². The van der Waals surface area contributed by atoms with Gasteiger partial charge in [-0.1, -0.05) is 26.2 Å². The van der Waals surface area contributed by atoms with Gasteiger partial charge >= 0.3 is 0 Å². The van der Waals surface area contributed by atoms with Gasteiger partial charge in [0.2, 0.25) is 0 Å². The maximum atomic E-state index is 2.25. The molecule has 54 valence electrons. The van der Waals surface area contributed by atoms with Crippen molar-refractivity contribution in [3.05, 3.63) is 16.3 Å². The van der Waals surface area contributed by atoms with Crippen LogP contribution in [0.15, 0.2) is 10.8 Å². The summed E-state index contributed by atoms with van der Waals surface area (Å²) in [6.45, 7) is 6.76. The van der Waals surface area contributed by atoms with Crippen LogP contribution in [0.3, 0.4) is 0 Å². The van der Waals surface area contributed by atoms with E-state index in [1.54, 1.807) is 11.3 Å². The molecule has 0 aromatic carbocycles. The molecule has 0 radical (unpaired) electrons. The number of hydrogen-bond donors (Lipinski definition) is 0. The standard InChI is InChI=1S/C8H13BS/c1-8(2,3)6-4-10-5-7(6)9/h4-5H,9H2,1-3H3. The Morgan fingerprint density at radius 1 is 1.30 bits per heavy atom. The second-order valence-corrected chi connectivity index (χ2v) is 4.46. The number of hydrogen-bond acceptors (Lipinski definition) is 1. The first kappa shape index (κ1) is 7.87. The molecule has 0 aliphatic heterocycles. The predicted molar refractivity (Wildman–Crippen MR) is 51.2 cm³/mol. The van der Waals surface area contributed by atoms with Gasteiger partial charge in [-0.25, -0.2) is 0 Å². The first-order valence-electron chi connectivity index (χ1n) is 3.55. The van der Waals surface area contributed by atoms with E-state index >= 15 is 0 Å². The zero-order valence-corrected chi connectivity index (χ0v) is 7.88. The lowest BCUT2D eigenvalue weighted by Crippen LogP contribution is -2.19. The van der Waals surface area contributed by atoms with Gasteiger partial charge in [-0.3, -0.25) is 0 Å². The summed E-state index contributed by atoms with van der Waals surface area (Å²) in [4.78, 5) is 0. The van der Waals surface area contributed by atoms with Crippen LogP contribution in [0.25, 0.3) is 0 Å². The largest absolute Gasteiger partial charge is 0.153 e. The van der Waals surface area contributed by atoms with Gasteiger partial charge in [-0.05, 0) is 21.7 Å². The van der Waals surface area contributed by atoms with Crippen LogP contribution < -0.4 is 5.46 Å². The molecule has 0 aliphatic rings. The second kappa shape index (κ2) is 2.42. The summed E-state index contributed by atoms with van der Waals surface area (Å²) >= 11 is 1.79. The van der Waals surface area contributed by atoms with E-state index < -0.39 is 0 Å². The van der Waals surface area contributed by atoms with Gasteiger partial charge < -0.3 is 0 Å². The van der Waals surface area contributed by atoms with E-state index in [1.165, 1.54) is 11.0 Å². The predicted octanol–water partition coefficient (Wildman–Crippen LogP) is 1.30. The zero-order chi connectivity index (χ0) is 7.78. The Balaban J connectivity index is 3.05. The Labute approximate surface area is 67.7 Å². The molecule has 0 N–H and O–H groups in total. The van der Waals surface area contributed by atoms with Gasteiger partial charge in [0, 0.05) is 0 Å². The number of rotatable bonds is 0. The molecule has 1 aromatic rings. The van der Waals surface area contributed by atoms with Gasteiger partial charge in [0.1, 0.15) is 7.85 Å². The third-order valence-electron chi connectivity index (χ3n) is 1.66. The highest BCUT2D eigenvalue weighted by Crippen LogP contribution is 2.21. The van der Waals surface area contributed by atoms with Crippen molar-refractivity contribution < 1.29 is 0 Å². The first-order valence-corrected chi connectivity index (χ1v) is 4.49. The minimum Gasteiger partial charge on any atom is -0.153 e. The van der Waals surface area contributed by atoms with Crippen LogP contribution in [0.4, 0.5) is 0 Å². The van der Waals surface area contributed by atoms with Crippen LogP contribution in [-0.2, 0) is 5.41 Å². The second-order valence-electron chi connectivity index (χ2n) is 3.72. The van der Waals surface area contributed by atoms with Crippen molar-refractivity contribution in [2.24, 2.45) is 0 Å². The molecular formula is C8H13BS. The summed E-state index contributed by atoms with van der Waals surface area (Å²) in [5, 5.41) is 4.45. The smallest absolute Gasteiger partial charge is 0.140 e. The first-order chi connectivity index (χ1) is 4.52. The Kier molecular flexibility index (Phi) is 1.91. The van der Waals surface area contributed by atoms with E-state index in [-0.39, 0.29) is 0 Å². The van der Waals surface area contributed by atoms with Crippen molar-refractivity contribution in [1.29, 1.82) is 0 Å². The van der Waals surface area contributed by atoms with Crippen LogP contribution in [0.2, 0.25) is 0 Å². The lowest BCUT2D eigenvalue weighted by Gasteiger charge is -2.18. The molecule has 0 nitrogen and oxygen atoms in total. The molecule has 2 heteroatoms. The van der Waals surface area contributed by atoms with E-state index in [4.69, 9.17) is 0 Å². The summed E-state index contributed by atoms with van der Waals surface area (Å²) < 4.78 is 0. The molecule has 0 aliphatic carbocycles. The fraction of sp³-hybridized carbons (Fsp3) is 0.500. The van der Waals surface area contributed by atoms with E-state index in [9.17, 15) is 0 Å². The monoisotopic (exact) mass is 152 g/mol. The summed E-state index contributed by atoms with van der Waals surface area (Å²) in [6.07, 6.45) is 0. The molecule has 1 heterocycles. The van der Waals surface area contributed by atoms with Crippen LogP contribution in [0.1, 0.15) is 26.3 Å². The van der Waals surface area contributed by atoms with E-state index in [0.29, 0.717) is 5.41 Å². The highest BCUT2D eigenvalue weighted by molar-refractivity contribution is 7.09. The van der Waals surface area contributed by atoms with Gasteiger partial charge in [-0.2, -0.15) is 11.3 Å². The van der Waals surface area contributed by atoms with Gasteiger partial charge in [-0.15, -0.1) is 0 Å². The molecule has 0 unspecified atom stereocenters. The fourth-order valence-corrected chi connectivity index (χ4v) is 2.20. The lowest BCUT2D eigenvalue weighted by molar-refractivity contribution is 0.596. The Morgan fingerprint density at radius 2 is 1.90 bits per heavy atom. The summed E-state index contributed by atoms with van der Waals surface area (Å²) in [5.41, 5.74) is 3.24. The molecule has 0 saturated carbocycles. The van der Waals surface area contributed by atoms with Crippen molar-refractivity contribution in [2.75, 3.05) is 0 Å². The molecule has 1 rings (SSSR count). The van der Waals surface area contributed by atoms with Gasteiger partial charge in [0.15, 0.2) is 0 Å². The van der Waals surface area contributed by atoms with Gasteiger partial charge in [0.25, 0.3) is 0 Å². The molecule has 1 aromatic heterocycles. The van der Waals surface area contributed by atoms with Crippen LogP contribution in [0, 0.1) is 0 Å². The van der Waals surface area contributed by atoms with Gasteiger partial charge in [0.05, 0.1) is 0 Å². The van der Waals surface area contributed by atoms with Crippen molar-refractivity contribution in [1.82, 2.24) is 0 Å². The molecule has 0 amide bonds. The molecule has 0 fully saturated rings. The maximum absolute atomic E-state index is 2.25. The normalized spacial score (nSPS) is 11.9. The quantitative estimate of drug-likeness (QED) is 0.491. The molecule has 0 saturated heterocycles. The summed E-state index contributed by atoms with van der Waals surface area (Å²) in [5.74, 6) is 0. The average molecular weight is 152 g/mol. The SMILES string of the molecule is Bc1cscc1C(C)(C)C. The van der Waals surface area contributed by atoms with Crippen LogP contribution in [-0.4, -0.2) is 7.85 Å². The van der Waals surface area contributed by atoms with Crippen LogP contribution in [0.5, 0.6) is 0 Å². The van der Waals surface area contributed by atoms with Crippen molar-refractivity contribution in [2.45, 2.75) is 26.2 Å². The fourth-order valence-electron chi connectivity index (χ4n) is 1.13. The van der Waals surface area contributed by atoms with Crippen molar-refractivity contribution in [3.8, 4) is 0 Å². The highest BCUT2D eigenvalue weighted by Gasteiger charge is 2.15. The zero-order valence-electron chi connectivity index (χ0n) is 7.06. The molecule has 0 bridgehead atoms. The van der Waals surface area contributed by atoms with E-state index in [2.05, 4.69) is 39.4 Å². The Morgan fingerprint density at radius 3 is 2.10 bits per heavy atom. The average Bonchev–Trinajstić information content (AvgIpc) is 2.11. The Bertz CT molecular complexity index is 219. The third kappa shape index (κ3) is 1.43. The molecule has 0 atom stereocenters. The third-order valence-corrected chi connectivity index (χ3v) is 2.52. The van der Waals surface area contributed by atoms with Crippen molar-refractivity contribution in [3.63, 3.8) is 0 Å². The minimum absolute atomic E-state index is 0.323. The molecule has 10 heavy (non-hydrogen) atoms. The summed E-state index contributed by atoms with van der Waals surface area (Å²) in [7, 11) is 2.18. The van der Waals surface area contributed by atoms with E-state index in [0.717, 1.165) is 0 Å².